The average molecular weight is 569 g/mol. The van der Waals surface area contributed by atoms with Gasteiger partial charge in [-0.2, -0.15) is 13.2 Å². The Morgan fingerprint density at radius 3 is 2.42 bits per heavy atom. The molecule has 2 heterocycles. The second kappa shape index (κ2) is 11.5. The number of hydrogen-bond acceptors (Lipinski definition) is 4. The number of alkyl halides is 3. The Bertz CT molecular complexity index is 1140. The van der Waals surface area contributed by atoms with E-state index in [2.05, 4.69) is 0 Å². The molecule has 0 radical (unpaired) electrons. The van der Waals surface area contributed by atoms with E-state index in [4.69, 9.17) is 4.74 Å². The summed E-state index contributed by atoms with van der Waals surface area (Å²) in [7, 11) is 0. The van der Waals surface area contributed by atoms with Gasteiger partial charge in [-0.25, -0.2) is 8.78 Å². The van der Waals surface area contributed by atoms with E-state index in [1.807, 2.05) is 4.90 Å². The third-order valence-electron chi connectivity index (χ3n) is 9.19. The van der Waals surface area contributed by atoms with Gasteiger partial charge in [-0.1, -0.05) is 30.7 Å². The number of β-amino-alcohol motifs (C(OH)–C–C–N with tert-alkyl or cyclic N) is 1. The van der Waals surface area contributed by atoms with Crippen molar-refractivity contribution in [2.75, 3.05) is 39.3 Å². The maximum Gasteiger partial charge on any atom is 0.395 e. The van der Waals surface area contributed by atoms with Crippen LogP contribution in [0.2, 0.25) is 0 Å². The SMILES string of the molecule is O=C(N1CCCC(O)C1)C1(OCC2CCN(CC3(C(F)(F)F)CCC3)CC2)C=CC(c2cccc(F)c2F)=CC1. The second-order valence-electron chi connectivity index (χ2n) is 11.9. The predicted octanol–water partition coefficient (Wildman–Crippen LogP) is 5.49. The zero-order chi connectivity index (χ0) is 28.5. The van der Waals surface area contributed by atoms with Crippen molar-refractivity contribution in [1.82, 2.24) is 9.80 Å². The molecule has 1 N–H and O–H groups in total. The van der Waals surface area contributed by atoms with Crippen LogP contribution >= 0.6 is 0 Å². The van der Waals surface area contributed by atoms with Gasteiger partial charge in [0.25, 0.3) is 5.91 Å². The summed E-state index contributed by atoms with van der Waals surface area (Å²) in [6.45, 7) is 2.07. The zero-order valence-corrected chi connectivity index (χ0v) is 22.6. The Morgan fingerprint density at radius 1 is 1.07 bits per heavy atom. The molecule has 2 aliphatic heterocycles. The van der Waals surface area contributed by atoms with Gasteiger partial charge in [0.1, 0.15) is 0 Å². The molecule has 1 aromatic carbocycles. The minimum atomic E-state index is -4.19. The number of amides is 1. The lowest BCUT2D eigenvalue weighted by molar-refractivity contribution is -0.256. The summed E-state index contributed by atoms with van der Waals surface area (Å²) in [5.41, 5.74) is -2.38. The first-order valence-electron chi connectivity index (χ1n) is 14.3. The Kier molecular flexibility index (Phi) is 8.42. The summed E-state index contributed by atoms with van der Waals surface area (Å²) in [5.74, 6) is -2.12. The number of allylic oxidation sites excluding steroid dienone is 2. The highest BCUT2D eigenvalue weighted by Crippen LogP contribution is 2.53. The van der Waals surface area contributed by atoms with E-state index in [0.717, 1.165) is 6.07 Å². The monoisotopic (exact) mass is 568 g/mol. The van der Waals surface area contributed by atoms with Gasteiger partial charge in [-0.15, -0.1) is 0 Å². The first-order chi connectivity index (χ1) is 19.0. The molecule has 10 heteroatoms. The van der Waals surface area contributed by atoms with Crippen molar-refractivity contribution in [3.8, 4) is 0 Å². The van der Waals surface area contributed by atoms with Gasteiger partial charge in [0.05, 0.1) is 18.1 Å². The molecule has 2 saturated heterocycles. The highest BCUT2D eigenvalue weighted by atomic mass is 19.4. The number of carbonyl (C=O) groups excluding carboxylic acids is 1. The number of likely N-dealkylation sites (tertiary alicyclic amines) is 2. The molecule has 5 nitrogen and oxygen atoms in total. The van der Waals surface area contributed by atoms with E-state index >= 15 is 0 Å². The molecular formula is C30H37F5N2O3. The van der Waals surface area contributed by atoms with Gasteiger partial charge in [0.15, 0.2) is 17.2 Å². The molecule has 5 rings (SSSR count). The van der Waals surface area contributed by atoms with Gasteiger partial charge in [-0.3, -0.25) is 4.79 Å². The van der Waals surface area contributed by atoms with E-state index in [1.54, 1.807) is 23.1 Å². The molecule has 2 aliphatic carbocycles. The van der Waals surface area contributed by atoms with E-state index in [9.17, 15) is 31.9 Å². The van der Waals surface area contributed by atoms with Crippen molar-refractivity contribution in [1.29, 1.82) is 0 Å². The number of benzene rings is 1. The lowest BCUT2D eigenvalue weighted by Crippen LogP contribution is -2.54. The second-order valence-corrected chi connectivity index (χ2v) is 11.9. The molecule has 0 spiro atoms. The lowest BCUT2D eigenvalue weighted by Gasteiger charge is -2.47. The Balaban J connectivity index is 1.25. The van der Waals surface area contributed by atoms with Gasteiger partial charge in [-0.05, 0) is 75.2 Å². The quantitative estimate of drug-likeness (QED) is 0.442. The molecule has 40 heavy (non-hydrogen) atoms. The minimum Gasteiger partial charge on any atom is -0.391 e. The Morgan fingerprint density at radius 2 is 1.82 bits per heavy atom. The highest BCUT2D eigenvalue weighted by Gasteiger charge is 2.58. The fourth-order valence-corrected chi connectivity index (χ4v) is 6.42. The smallest absolute Gasteiger partial charge is 0.391 e. The molecule has 3 fully saturated rings. The average Bonchev–Trinajstić information content (AvgIpc) is 2.91. The van der Waals surface area contributed by atoms with Gasteiger partial charge in [0.2, 0.25) is 0 Å². The zero-order valence-electron chi connectivity index (χ0n) is 22.6. The molecule has 4 aliphatic rings. The van der Waals surface area contributed by atoms with E-state index in [-0.39, 0.29) is 56.3 Å². The number of ether oxygens (including phenoxy) is 1. The van der Waals surface area contributed by atoms with Gasteiger partial charge >= 0.3 is 6.18 Å². The maximum atomic E-state index is 14.4. The number of carbonyl (C=O) groups is 1. The summed E-state index contributed by atoms with van der Waals surface area (Å²) in [6.07, 6.45) is 3.79. The molecule has 2 unspecified atom stereocenters. The molecule has 0 bridgehead atoms. The Hall–Kier alpha value is -2.30. The number of aliphatic hydroxyl groups is 1. The molecular weight excluding hydrogens is 531 g/mol. The molecule has 2 atom stereocenters. The molecule has 220 valence electrons. The molecule has 0 aromatic heterocycles. The van der Waals surface area contributed by atoms with Crippen LogP contribution in [-0.4, -0.2) is 78.0 Å². The lowest BCUT2D eigenvalue weighted by atomic mass is 9.67. The van der Waals surface area contributed by atoms with Crippen LogP contribution in [0.4, 0.5) is 22.0 Å². The molecule has 1 aromatic rings. The molecule has 1 saturated carbocycles. The fraction of sp³-hybridized carbons (Fsp3) is 0.633. The topological polar surface area (TPSA) is 53.0 Å². The highest BCUT2D eigenvalue weighted by molar-refractivity contribution is 5.90. The summed E-state index contributed by atoms with van der Waals surface area (Å²) in [4.78, 5) is 17.3. The van der Waals surface area contributed by atoms with Gasteiger partial charge in [0, 0.05) is 31.6 Å². The largest absolute Gasteiger partial charge is 0.395 e. The number of halogens is 5. The van der Waals surface area contributed by atoms with Crippen LogP contribution < -0.4 is 0 Å². The Labute approximate surface area is 231 Å². The summed E-state index contributed by atoms with van der Waals surface area (Å²) in [5, 5.41) is 10.2. The van der Waals surface area contributed by atoms with Crippen molar-refractivity contribution >= 4 is 11.5 Å². The number of rotatable bonds is 7. The minimum absolute atomic E-state index is 0.0384. The van der Waals surface area contributed by atoms with Crippen LogP contribution in [0.3, 0.4) is 0 Å². The van der Waals surface area contributed by atoms with Crippen LogP contribution in [0.15, 0.2) is 36.4 Å². The van der Waals surface area contributed by atoms with E-state index < -0.39 is 34.9 Å². The van der Waals surface area contributed by atoms with Crippen molar-refractivity contribution in [2.24, 2.45) is 11.3 Å². The van der Waals surface area contributed by atoms with Crippen molar-refractivity contribution in [2.45, 2.75) is 69.2 Å². The van der Waals surface area contributed by atoms with E-state index in [0.29, 0.717) is 57.3 Å². The number of nitrogens with zero attached hydrogens (tertiary/aromatic N) is 2. The van der Waals surface area contributed by atoms with Crippen LogP contribution in [-0.2, 0) is 9.53 Å². The first-order valence-corrected chi connectivity index (χ1v) is 14.3. The number of aliphatic hydroxyl groups excluding tert-OH is 1. The van der Waals surface area contributed by atoms with Crippen LogP contribution in [0.1, 0.15) is 56.9 Å². The fourth-order valence-electron chi connectivity index (χ4n) is 6.42. The predicted molar refractivity (Wildman–Crippen MR) is 140 cm³/mol. The van der Waals surface area contributed by atoms with Crippen molar-refractivity contribution < 1.29 is 36.6 Å². The normalized spacial score (nSPS) is 27.8. The van der Waals surface area contributed by atoms with Crippen LogP contribution in [0.5, 0.6) is 0 Å². The third-order valence-corrected chi connectivity index (χ3v) is 9.19. The summed E-state index contributed by atoms with van der Waals surface area (Å²) >= 11 is 0. The first kappa shape index (κ1) is 29.2. The third kappa shape index (κ3) is 5.85. The van der Waals surface area contributed by atoms with Crippen molar-refractivity contribution in [3.05, 3.63) is 53.6 Å². The number of hydrogen-bond donors (Lipinski definition) is 1. The summed E-state index contributed by atoms with van der Waals surface area (Å²) in [6, 6.07) is 3.95. The van der Waals surface area contributed by atoms with Crippen molar-refractivity contribution in [3.63, 3.8) is 0 Å². The van der Waals surface area contributed by atoms with E-state index in [1.165, 1.54) is 12.1 Å². The molecule has 1 amide bonds. The maximum absolute atomic E-state index is 14.4. The standard InChI is InChI=1S/C30H37F5N2O3/c31-25-6-1-5-24(26(25)32)22-7-13-29(14-8-22,27(39)37-15-2-4-23(38)18-37)40-19-21-9-16-36(17-10-21)20-28(11-3-12-28)30(33,34)35/h1,5-8,13,21,23,38H,2-4,9-12,14-20H2. The van der Waals surface area contributed by atoms with Crippen LogP contribution in [0.25, 0.3) is 5.57 Å². The summed E-state index contributed by atoms with van der Waals surface area (Å²) < 4.78 is 75.5. The number of piperidine rings is 2. The van der Waals surface area contributed by atoms with Crippen LogP contribution in [0, 0.1) is 23.0 Å². The van der Waals surface area contributed by atoms with Gasteiger partial charge < -0.3 is 19.6 Å².